The van der Waals surface area contributed by atoms with Crippen LogP contribution in [0.5, 0.6) is 0 Å². The summed E-state index contributed by atoms with van der Waals surface area (Å²) in [7, 11) is 0. The Kier molecular flexibility index (Phi) is 3.69. The second-order valence-electron chi connectivity index (χ2n) is 4.16. The number of aromatic nitrogens is 2. The molecule has 0 saturated carbocycles. The number of aromatic amines is 1. The van der Waals surface area contributed by atoms with Gasteiger partial charge in [-0.1, -0.05) is 49.8 Å². The van der Waals surface area contributed by atoms with Crippen LogP contribution in [0.3, 0.4) is 0 Å². The maximum atomic E-state index is 5.21. The van der Waals surface area contributed by atoms with Crippen molar-refractivity contribution in [2.45, 2.75) is 26.7 Å². The van der Waals surface area contributed by atoms with Gasteiger partial charge >= 0.3 is 0 Å². The van der Waals surface area contributed by atoms with Crippen LogP contribution in [0.4, 0.5) is 0 Å². The van der Waals surface area contributed by atoms with E-state index in [0.717, 1.165) is 29.9 Å². The molecule has 1 N–H and O–H groups in total. The van der Waals surface area contributed by atoms with E-state index >= 15 is 0 Å². The fraction of sp³-hybridized carbons (Fsp3) is 0.286. The van der Waals surface area contributed by atoms with Crippen LogP contribution in [0.15, 0.2) is 30.3 Å². The minimum Gasteiger partial charge on any atom is -0.343 e. The lowest BCUT2D eigenvalue weighted by molar-refractivity contribution is 0.873. The molecule has 0 amide bonds. The summed E-state index contributed by atoms with van der Waals surface area (Å²) >= 11 is 5.21. The number of hydrogen-bond donors (Lipinski definition) is 1. The van der Waals surface area contributed by atoms with Gasteiger partial charge in [-0.15, -0.1) is 0 Å². The molecular weight excluding hydrogens is 228 g/mol. The Morgan fingerprint density at radius 1 is 1.29 bits per heavy atom. The molecule has 2 rings (SSSR count). The van der Waals surface area contributed by atoms with Crippen LogP contribution in [-0.2, 0) is 6.42 Å². The summed E-state index contributed by atoms with van der Waals surface area (Å²) in [5.74, 6) is 0.874. The first kappa shape index (κ1) is 12.0. The molecule has 0 spiro atoms. The summed E-state index contributed by atoms with van der Waals surface area (Å²) in [6.45, 7) is 4.24. The number of benzene rings is 1. The third kappa shape index (κ3) is 2.80. The van der Waals surface area contributed by atoms with Crippen molar-refractivity contribution in [1.82, 2.24) is 9.97 Å². The van der Waals surface area contributed by atoms with E-state index in [1.165, 1.54) is 5.56 Å². The normalized spacial score (nSPS) is 10.5. The second kappa shape index (κ2) is 5.23. The summed E-state index contributed by atoms with van der Waals surface area (Å²) in [5.41, 5.74) is 3.49. The SMILES string of the molecule is CCCc1cc(=S)nc(-c2ccccc2C)[nH]1. The zero-order valence-electron chi connectivity index (χ0n) is 10.2. The highest BCUT2D eigenvalue weighted by Gasteiger charge is 2.04. The predicted molar refractivity (Wildman–Crippen MR) is 73.6 cm³/mol. The number of hydrogen-bond acceptors (Lipinski definition) is 2. The smallest absolute Gasteiger partial charge is 0.139 e. The van der Waals surface area contributed by atoms with Crippen LogP contribution in [-0.4, -0.2) is 9.97 Å². The van der Waals surface area contributed by atoms with E-state index in [2.05, 4.69) is 35.9 Å². The van der Waals surface area contributed by atoms with E-state index in [0.29, 0.717) is 4.64 Å². The Labute approximate surface area is 107 Å². The first-order chi connectivity index (χ1) is 8.20. The third-order valence-electron chi connectivity index (χ3n) is 2.72. The van der Waals surface area contributed by atoms with Gasteiger partial charge in [-0.2, -0.15) is 0 Å². The van der Waals surface area contributed by atoms with E-state index in [4.69, 9.17) is 12.2 Å². The summed E-state index contributed by atoms with van der Waals surface area (Å²) in [4.78, 5) is 7.77. The number of rotatable bonds is 3. The van der Waals surface area contributed by atoms with Gasteiger partial charge in [0, 0.05) is 11.3 Å². The van der Waals surface area contributed by atoms with Crippen LogP contribution >= 0.6 is 12.2 Å². The highest BCUT2D eigenvalue weighted by atomic mass is 32.1. The fourth-order valence-corrected chi connectivity index (χ4v) is 2.11. The number of nitrogens with one attached hydrogen (secondary N) is 1. The van der Waals surface area contributed by atoms with Crippen molar-refractivity contribution in [3.63, 3.8) is 0 Å². The lowest BCUT2D eigenvalue weighted by Gasteiger charge is -2.07. The molecule has 3 heteroatoms. The van der Waals surface area contributed by atoms with Gasteiger partial charge in [0.15, 0.2) is 0 Å². The lowest BCUT2D eigenvalue weighted by Crippen LogP contribution is -1.97. The van der Waals surface area contributed by atoms with Crippen molar-refractivity contribution in [2.75, 3.05) is 0 Å². The molecule has 1 aromatic carbocycles. The van der Waals surface area contributed by atoms with Crippen LogP contribution in [0.1, 0.15) is 24.6 Å². The van der Waals surface area contributed by atoms with Gasteiger partial charge in [0.1, 0.15) is 10.5 Å². The quantitative estimate of drug-likeness (QED) is 0.825. The largest absolute Gasteiger partial charge is 0.343 e. The molecule has 0 aliphatic rings. The highest BCUT2D eigenvalue weighted by Crippen LogP contribution is 2.19. The summed E-state index contributed by atoms with van der Waals surface area (Å²) in [5, 5.41) is 0. The highest BCUT2D eigenvalue weighted by molar-refractivity contribution is 7.71. The van der Waals surface area contributed by atoms with E-state index in [-0.39, 0.29) is 0 Å². The molecule has 2 nitrogen and oxygen atoms in total. The zero-order chi connectivity index (χ0) is 12.3. The van der Waals surface area contributed by atoms with Gasteiger partial charge in [0.05, 0.1) is 0 Å². The van der Waals surface area contributed by atoms with Gasteiger partial charge in [-0.3, -0.25) is 0 Å². The maximum absolute atomic E-state index is 5.21. The van der Waals surface area contributed by atoms with Crippen LogP contribution < -0.4 is 0 Å². The Morgan fingerprint density at radius 2 is 2.06 bits per heavy atom. The average Bonchev–Trinajstić information content (AvgIpc) is 2.29. The molecule has 1 heterocycles. The minimum atomic E-state index is 0.658. The van der Waals surface area contributed by atoms with Crippen molar-refractivity contribution in [3.05, 3.63) is 46.2 Å². The number of nitrogens with zero attached hydrogens (tertiary/aromatic N) is 1. The Balaban J connectivity index is 2.52. The molecule has 0 bridgehead atoms. The van der Waals surface area contributed by atoms with Crippen molar-refractivity contribution in [2.24, 2.45) is 0 Å². The monoisotopic (exact) mass is 244 g/mol. The Hall–Kier alpha value is -1.48. The summed E-state index contributed by atoms with van der Waals surface area (Å²) < 4.78 is 0.658. The molecule has 0 atom stereocenters. The molecule has 0 fully saturated rings. The molecule has 0 radical (unpaired) electrons. The molecule has 0 saturated heterocycles. The minimum absolute atomic E-state index is 0.658. The summed E-state index contributed by atoms with van der Waals surface area (Å²) in [6, 6.07) is 10.1. The van der Waals surface area contributed by atoms with Crippen molar-refractivity contribution >= 4 is 12.2 Å². The van der Waals surface area contributed by atoms with Crippen LogP contribution in [0.25, 0.3) is 11.4 Å². The fourth-order valence-electron chi connectivity index (χ4n) is 1.88. The molecular formula is C14H16N2S. The lowest BCUT2D eigenvalue weighted by atomic mass is 10.1. The topological polar surface area (TPSA) is 28.7 Å². The van der Waals surface area contributed by atoms with Gasteiger partial charge in [-0.25, -0.2) is 4.98 Å². The van der Waals surface area contributed by atoms with Crippen LogP contribution in [0.2, 0.25) is 0 Å². The van der Waals surface area contributed by atoms with E-state index in [1.807, 2.05) is 18.2 Å². The van der Waals surface area contributed by atoms with Crippen LogP contribution in [0, 0.1) is 11.6 Å². The third-order valence-corrected chi connectivity index (χ3v) is 2.93. The van der Waals surface area contributed by atoms with E-state index < -0.39 is 0 Å². The van der Waals surface area contributed by atoms with Crippen molar-refractivity contribution in [3.8, 4) is 11.4 Å². The summed E-state index contributed by atoms with van der Waals surface area (Å²) in [6.07, 6.45) is 2.10. The molecule has 0 aliphatic heterocycles. The molecule has 0 unspecified atom stereocenters. The average molecular weight is 244 g/mol. The van der Waals surface area contributed by atoms with Crippen molar-refractivity contribution < 1.29 is 0 Å². The zero-order valence-corrected chi connectivity index (χ0v) is 11.0. The van der Waals surface area contributed by atoms with Gasteiger partial charge in [-0.05, 0) is 25.0 Å². The molecule has 1 aromatic heterocycles. The Morgan fingerprint density at radius 3 is 2.76 bits per heavy atom. The van der Waals surface area contributed by atoms with Gasteiger partial charge < -0.3 is 4.98 Å². The predicted octanol–water partition coefficient (Wildman–Crippen LogP) is 4.07. The van der Waals surface area contributed by atoms with Gasteiger partial charge in [0.25, 0.3) is 0 Å². The standard InChI is InChI=1S/C14H16N2S/c1-3-6-11-9-13(17)16-14(15-11)12-8-5-4-7-10(12)2/h4-5,7-9H,3,6H2,1-2H3,(H,15,16,17). The van der Waals surface area contributed by atoms with E-state index in [9.17, 15) is 0 Å². The van der Waals surface area contributed by atoms with Crippen molar-refractivity contribution in [1.29, 1.82) is 0 Å². The maximum Gasteiger partial charge on any atom is 0.139 e. The Bertz CT molecular complexity index is 572. The number of aryl methyl sites for hydroxylation is 2. The second-order valence-corrected chi connectivity index (χ2v) is 4.58. The first-order valence-corrected chi connectivity index (χ1v) is 6.27. The van der Waals surface area contributed by atoms with Gasteiger partial charge in [0.2, 0.25) is 0 Å². The molecule has 0 aliphatic carbocycles. The number of H-pyrrole nitrogens is 1. The molecule has 2 aromatic rings. The molecule has 88 valence electrons. The van der Waals surface area contributed by atoms with E-state index in [1.54, 1.807) is 0 Å². The first-order valence-electron chi connectivity index (χ1n) is 5.87. The molecule has 17 heavy (non-hydrogen) atoms.